The molecular weight excluding hydrogens is 328 g/mol. The first-order valence-electron chi connectivity index (χ1n) is 7.21. The van der Waals surface area contributed by atoms with Crippen LogP contribution in [0.3, 0.4) is 0 Å². The van der Waals surface area contributed by atoms with Crippen molar-refractivity contribution >= 4 is 22.6 Å². The normalized spacial score (nSPS) is 10.7. The summed E-state index contributed by atoms with van der Waals surface area (Å²) in [6.07, 6.45) is 3.31. The van der Waals surface area contributed by atoms with Gasteiger partial charge in [-0.05, 0) is 30.0 Å². The predicted molar refractivity (Wildman–Crippen MR) is 89.8 cm³/mol. The van der Waals surface area contributed by atoms with Gasteiger partial charge in [-0.3, -0.25) is 14.8 Å². The third-order valence-electron chi connectivity index (χ3n) is 3.65. The monoisotopic (exact) mass is 341 g/mol. The quantitative estimate of drug-likeness (QED) is 0.549. The number of aryl methyl sites for hydroxylation is 1. The van der Waals surface area contributed by atoms with Crippen molar-refractivity contribution in [1.29, 1.82) is 0 Å². The molecule has 0 aliphatic rings. The Morgan fingerprint density at radius 2 is 1.76 bits per heavy atom. The summed E-state index contributed by atoms with van der Waals surface area (Å²) in [5, 5.41) is 1.10. The number of carbonyl (C=O) groups is 1. The predicted octanol–water partition coefficient (Wildman–Crippen LogP) is 2.30. The molecule has 0 bridgehead atoms. The molecule has 0 fully saturated rings. The number of aromatic nitrogens is 2. The van der Waals surface area contributed by atoms with E-state index in [9.17, 15) is 13.6 Å². The number of rotatable bonds is 2. The first kappa shape index (κ1) is 16.4. The Bertz CT molecular complexity index is 1010. The molecule has 1 aromatic carbocycles. The lowest BCUT2D eigenvalue weighted by atomic mass is 9.99. The lowest BCUT2D eigenvalue weighted by Crippen LogP contribution is -2.24. The summed E-state index contributed by atoms with van der Waals surface area (Å²) in [6, 6.07) is 4.65. The highest BCUT2D eigenvalue weighted by atomic mass is 19.1. The molecule has 0 spiro atoms. The van der Waals surface area contributed by atoms with Crippen molar-refractivity contribution in [3.63, 3.8) is 0 Å². The Morgan fingerprint density at radius 3 is 2.40 bits per heavy atom. The second-order valence-corrected chi connectivity index (χ2v) is 5.37. The maximum Gasteiger partial charge on any atom is 0.280 e. The van der Waals surface area contributed by atoms with E-state index >= 15 is 0 Å². The number of halogens is 2. The SMILES string of the molecule is Cc1cnc(-c2c(F)cncc2F)c2cc(C(=O)N=C(N)N)ccc12. The molecule has 0 saturated carbocycles. The van der Waals surface area contributed by atoms with Crippen molar-refractivity contribution in [2.24, 2.45) is 16.5 Å². The fourth-order valence-electron chi connectivity index (χ4n) is 2.54. The van der Waals surface area contributed by atoms with Crippen LogP contribution in [0.4, 0.5) is 8.78 Å². The van der Waals surface area contributed by atoms with Crippen molar-refractivity contribution in [3.05, 3.63) is 59.6 Å². The van der Waals surface area contributed by atoms with Gasteiger partial charge in [0.15, 0.2) is 17.6 Å². The van der Waals surface area contributed by atoms with E-state index in [-0.39, 0.29) is 22.8 Å². The zero-order valence-corrected chi connectivity index (χ0v) is 13.1. The molecule has 2 heterocycles. The molecule has 0 saturated heterocycles. The van der Waals surface area contributed by atoms with Crippen molar-refractivity contribution in [3.8, 4) is 11.3 Å². The number of carbonyl (C=O) groups excluding carboxylic acids is 1. The van der Waals surface area contributed by atoms with Gasteiger partial charge in [0.05, 0.1) is 23.7 Å². The lowest BCUT2D eigenvalue weighted by Gasteiger charge is -2.10. The van der Waals surface area contributed by atoms with Crippen LogP contribution in [0.1, 0.15) is 15.9 Å². The summed E-state index contributed by atoms with van der Waals surface area (Å²) in [5.74, 6) is -2.74. The summed E-state index contributed by atoms with van der Waals surface area (Å²) in [5.41, 5.74) is 11.1. The molecule has 0 atom stereocenters. The molecular formula is C17H13F2N5O. The molecule has 3 rings (SSSR count). The Kier molecular flexibility index (Phi) is 4.10. The van der Waals surface area contributed by atoms with Gasteiger partial charge in [0, 0.05) is 17.1 Å². The number of hydrogen-bond donors (Lipinski definition) is 2. The number of amides is 1. The van der Waals surface area contributed by atoms with Gasteiger partial charge in [-0.25, -0.2) is 8.78 Å². The Labute approximate surface area is 141 Å². The average molecular weight is 341 g/mol. The van der Waals surface area contributed by atoms with Gasteiger partial charge in [0.2, 0.25) is 0 Å². The summed E-state index contributed by atoms with van der Waals surface area (Å²) >= 11 is 0. The number of aliphatic imine (C=N–C) groups is 1. The maximum absolute atomic E-state index is 14.1. The van der Waals surface area contributed by atoms with Crippen molar-refractivity contribution in [2.45, 2.75) is 6.92 Å². The fraction of sp³-hybridized carbons (Fsp3) is 0.0588. The topological polar surface area (TPSA) is 107 Å². The van der Waals surface area contributed by atoms with Crippen molar-refractivity contribution in [1.82, 2.24) is 9.97 Å². The number of pyridine rings is 2. The van der Waals surface area contributed by atoms with E-state index in [1.165, 1.54) is 18.3 Å². The van der Waals surface area contributed by atoms with Crippen molar-refractivity contribution < 1.29 is 13.6 Å². The van der Waals surface area contributed by atoms with Gasteiger partial charge in [0.25, 0.3) is 5.91 Å². The Balaban J connectivity index is 2.32. The Hall–Kier alpha value is -3.42. The zero-order chi connectivity index (χ0) is 18.1. The minimum atomic E-state index is -0.849. The molecule has 8 heteroatoms. The minimum absolute atomic E-state index is 0.0670. The molecule has 0 radical (unpaired) electrons. The van der Waals surface area contributed by atoms with E-state index in [0.29, 0.717) is 10.8 Å². The van der Waals surface area contributed by atoms with Gasteiger partial charge in [-0.2, -0.15) is 4.99 Å². The smallest absolute Gasteiger partial charge is 0.280 e. The number of benzene rings is 1. The number of nitrogens with zero attached hydrogens (tertiary/aromatic N) is 3. The van der Waals surface area contributed by atoms with E-state index in [1.54, 1.807) is 13.0 Å². The highest BCUT2D eigenvalue weighted by molar-refractivity contribution is 6.06. The van der Waals surface area contributed by atoms with E-state index in [0.717, 1.165) is 18.0 Å². The second-order valence-electron chi connectivity index (χ2n) is 5.37. The summed E-state index contributed by atoms with van der Waals surface area (Å²) in [7, 11) is 0. The van der Waals surface area contributed by atoms with E-state index < -0.39 is 17.5 Å². The van der Waals surface area contributed by atoms with E-state index in [2.05, 4.69) is 15.0 Å². The third-order valence-corrected chi connectivity index (χ3v) is 3.65. The zero-order valence-electron chi connectivity index (χ0n) is 13.1. The first-order chi connectivity index (χ1) is 11.9. The summed E-state index contributed by atoms with van der Waals surface area (Å²) < 4.78 is 28.3. The fourth-order valence-corrected chi connectivity index (χ4v) is 2.54. The highest BCUT2D eigenvalue weighted by Crippen LogP contribution is 2.32. The maximum atomic E-state index is 14.1. The van der Waals surface area contributed by atoms with Gasteiger partial charge >= 0.3 is 0 Å². The van der Waals surface area contributed by atoms with E-state index in [1.807, 2.05) is 0 Å². The summed E-state index contributed by atoms with van der Waals surface area (Å²) in [4.78, 5) is 23.1. The highest BCUT2D eigenvalue weighted by Gasteiger charge is 2.18. The van der Waals surface area contributed by atoms with Crippen LogP contribution in [0.25, 0.3) is 22.0 Å². The van der Waals surface area contributed by atoms with Crippen LogP contribution in [-0.2, 0) is 0 Å². The molecule has 25 heavy (non-hydrogen) atoms. The number of guanidine groups is 1. The molecule has 4 N–H and O–H groups in total. The van der Waals surface area contributed by atoms with Crippen LogP contribution in [0.5, 0.6) is 0 Å². The van der Waals surface area contributed by atoms with Crippen LogP contribution in [0.15, 0.2) is 41.8 Å². The standard InChI is InChI=1S/C17H13F2N5O/c1-8-5-23-15(14-12(18)6-22-7-13(14)19)11-4-9(2-3-10(8)11)16(25)24-17(20)21/h2-7H,1H3,(H4,20,21,24,25). The largest absolute Gasteiger partial charge is 0.370 e. The number of hydrogen-bond acceptors (Lipinski definition) is 3. The first-order valence-corrected chi connectivity index (χ1v) is 7.21. The van der Waals surface area contributed by atoms with Gasteiger partial charge in [-0.1, -0.05) is 6.07 Å². The molecule has 2 aromatic heterocycles. The van der Waals surface area contributed by atoms with Crippen molar-refractivity contribution in [2.75, 3.05) is 0 Å². The van der Waals surface area contributed by atoms with Crippen LogP contribution in [0, 0.1) is 18.6 Å². The average Bonchev–Trinajstić information content (AvgIpc) is 2.55. The van der Waals surface area contributed by atoms with Crippen LogP contribution >= 0.6 is 0 Å². The molecule has 126 valence electrons. The second kappa shape index (κ2) is 6.23. The Morgan fingerprint density at radius 1 is 1.08 bits per heavy atom. The molecule has 6 nitrogen and oxygen atoms in total. The molecule has 3 aromatic rings. The molecule has 0 aliphatic heterocycles. The van der Waals surface area contributed by atoms with Gasteiger partial charge < -0.3 is 11.5 Å². The lowest BCUT2D eigenvalue weighted by molar-refractivity contribution is 0.100. The van der Waals surface area contributed by atoms with Crippen LogP contribution < -0.4 is 11.5 Å². The third kappa shape index (κ3) is 3.01. The molecule has 0 aliphatic carbocycles. The summed E-state index contributed by atoms with van der Waals surface area (Å²) in [6.45, 7) is 1.80. The van der Waals surface area contributed by atoms with Gasteiger partial charge in [0.1, 0.15) is 0 Å². The molecule has 1 amide bonds. The van der Waals surface area contributed by atoms with Crippen LogP contribution in [-0.4, -0.2) is 21.8 Å². The van der Waals surface area contributed by atoms with Crippen LogP contribution in [0.2, 0.25) is 0 Å². The number of nitrogens with two attached hydrogens (primary N) is 2. The molecule has 0 unspecified atom stereocenters. The minimum Gasteiger partial charge on any atom is -0.370 e. The number of fused-ring (bicyclic) bond motifs is 1. The van der Waals surface area contributed by atoms with E-state index in [4.69, 9.17) is 11.5 Å². The van der Waals surface area contributed by atoms with Gasteiger partial charge in [-0.15, -0.1) is 0 Å².